The number of likely N-dealkylation sites (N-methyl/N-ethyl adjacent to an activating group) is 1. The normalized spacial score (nSPS) is 12.5. The lowest BCUT2D eigenvalue weighted by Gasteiger charge is -2.23. The Morgan fingerprint density at radius 3 is 2.50 bits per heavy atom. The quantitative estimate of drug-likeness (QED) is 0.850. The Morgan fingerprint density at radius 2 is 1.95 bits per heavy atom. The summed E-state index contributed by atoms with van der Waals surface area (Å²) in [5.41, 5.74) is 3.81. The van der Waals surface area contributed by atoms with Gasteiger partial charge < -0.3 is 4.90 Å². The molecular formula is C17H28N4S. The number of hydrogen-bond donors (Lipinski definition) is 1. The average Bonchev–Trinajstić information content (AvgIpc) is 3.06. The first kappa shape index (κ1) is 17.2. The van der Waals surface area contributed by atoms with E-state index in [9.17, 15) is 0 Å². The van der Waals surface area contributed by atoms with Crippen LogP contribution in [0.15, 0.2) is 22.9 Å². The second kappa shape index (κ2) is 7.40. The Labute approximate surface area is 138 Å². The van der Waals surface area contributed by atoms with Crippen molar-refractivity contribution in [3.8, 4) is 0 Å². The first-order valence-corrected chi connectivity index (χ1v) is 8.72. The van der Waals surface area contributed by atoms with Crippen LogP contribution >= 0.6 is 11.3 Å². The predicted octanol–water partition coefficient (Wildman–Crippen LogP) is 3.33. The molecule has 0 aliphatic rings. The van der Waals surface area contributed by atoms with Crippen molar-refractivity contribution in [3.05, 3.63) is 39.8 Å². The minimum absolute atomic E-state index is 0.0938. The lowest BCUT2D eigenvalue weighted by Crippen LogP contribution is -2.31. The lowest BCUT2D eigenvalue weighted by molar-refractivity contribution is 0.224. The molecule has 2 rings (SSSR count). The van der Waals surface area contributed by atoms with Crippen LogP contribution in [0.1, 0.15) is 37.7 Å². The second-order valence-electron chi connectivity index (χ2n) is 7.17. The summed E-state index contributed by atoms with van der Waals surface area (Å²) in [6, 6.07) is 4.41. The van der Waals surface area contributed by atoms with E-state index >= 15 is 0 Å². The zero-order chi connectivity index (χ0) is 16.2. The summed E-state index contributed by atoms with van der Waals surface area (Å²) in [7, 11) is 4.24. The van der Waals surface area contributed by atoms with Crippen molar-refractivity contribution in [2.75, 3.05) is 27.2 Å². The van der Waals surface area contributed by atoms with E-state index in [1.807, 2.05) is 0 Å². The third-order valence-electron chi connectivity index (χ3n) is 3.64. The summed E-state index contributed by atoms with van der Waals surface area (Å²) in [6.07, 6.45) is 0. The Morgan fingerprint density at radius 1 is 1.18 bits per heavy atom. The number of aromatic nitrogens is 2. The van der Waals surface area contributed by atoms with Crippen LogP contribution in [0.3, 0.4) is 0 Å². The second-order valence-corrected chi connectivity index (χ2v) is 7.95. The molecule has 0 unspecified atom stereocenters. The van der Waals surface area contributed by atoms with Gasteiger partial charge in [0.25, 0.3) is 0 Å². The fourth-order valence-electron chi connectivity index (χ4n) is 2.26. The van der Waals surface area contributed by atoms with Crippen LogP contribution in [0.5, 0.6) is 0 Å². The van der Waals surface area contributed by atoms with Crippen molar-refractivity contribution >= 4 is 11.3 Å². The largest absolute Gasteiger partial charge is 0.308 e. The molecule has 0 fully saturated rings. The van der Waals surface area contributed by atoms with Gasteiger partial charge in [-0.1, -0.05) is 20.8 Å². The number of H-pyrrole nitrogens is 1. The monoisotopic (exact) mass is 320 g/mol. The first-order chi connectivity index (χ1) is 10.3. The molecule has 22 heavy (non-hydrogen) atoms. The van der Waals surface area contributed by atoms with Crippen molar-refractivity contribution in [2.24, 2.45) is 0 Å². The number of thiophene rings is 1. The summed E-state index contributed by atoms with van der Waals surface area (Å²) in [6.45, 7) is 10.6. The maximum Gasteiger partial charge on any atom is 0.0678 e. The van der Waals surface area contributed by atoms with Crippen molar-refractivity contribution in [1.29, 1.82) is 0 Å². The first-order valence-electron chi connectivity index (χ1n) is 7.77. The molecule has 0 bridgehead atoms. The van der Waals surface area contributed by atoms with Gasteiger partial charge >= 0.3 is 0 Å². The molecule has 0 atom stereocenters. The molecule has 2 aromatic rings. The Balaban J connectivity index is 2.03. The van der Waals surface area contributed by atoms with Gasteiger partial charge in [0.05, 0.1) is 5.69 Å². The molecular weight excluding hydrogens is 292 g/mol. The van der Waals surface area contributed by atoms with Gasteiger partial charge in [0.15, 0.2) is 0 Å². The molecule has 0 radical (unpaired) electrons. The van der Waals surface area contributed by atoms with E-state index in [0.29, 0.717) is 0 Å². The van der Waals surface area contributed by atoms with E-state index in [-0.39, 0.29) is 5.41 Å². The predicted molar refractivity (Wildman–Crippen MR) is 94.3 cm³/mol. The minimum atomic E-state index is 0.0938. The Bertz CT molecular complexity index is 551. The number of nitrogens with one attached hydrogen (secondary N) is 1. The zero-order valence-electron chi connectivity index (χ0n) is 14.4. The van der Waals surface area contributed by atoms with Gasteiger partial charge in [-0.15, -0.1) is 0 Å². The maximum atomic E-state index is 4.47. The van der Waals surface area contributed by atoms with E-state index < -0.39 is 0 Å². The van der Waals surface area contributed by atoms with Crippen LogP contribution < -0.4 is 0 Å². The standard InChI is InChI=1S/C17H28N4S/c1-17(2,3)16-10-15(18-19-16)12-21(8-7-20(4)5)11-14-6-9-22-13-14/h6,9-10,13H,7-8,11-12H2,1-5H3,(H,18,19). The summed E-state index contributed by atoms with van der Waals surface area (Å²) >= 11 is 1.76. The van der Waals surface area contributed by atoms with Crippen LogP contribution in [-0.4, -0.2) is 47.2 Å². The SMILES string of the molecule is CN(C)CCN(Cc1ccsc1)Cc1cc(C(C)(C)C)n[nH]1. The van der Waals surface area contributed by atoms with Crippen LogP contribution in [-0.2, 0) is 18.5 Å². The van der Waals surface area contributed by atoms with E-state index in [1.54, 1.807) is 11.3 Å². The minimum Gasteiger partial charge on any atom is -0.308 e. The molecule has 0 aliphatic heterocycles. The van der Waals surface area contributed by atoms with Crippen LogP contribution in [0.4, 0.5) is 0 Å². The van der Waals surface area contributed by atoms with Crippen LogP contribution in [0.25, 0.3) is 0 Å². The molecule has 122 valence electrons. The van der Waals surface area contributed by atoms with Crippen molar-refractivity contribution in [3.63, 3.8) is 0 Å². The topological polar surface area (TPSA) is 35.2 Å². The van der Waals surface area contributed by atoms with E-state index in [1.165, 1.54) is 11.3 Å². The van der Waals surface area contributed by atoms with Gasteiger partial charge in [0.2, 0.25) is 0 Å². The Kier molecular flexibility index (Phi) is 5.78. The van der Waals surface area contributed by atoms with Crippen LogP contribution in [0.2, 0.25) is 0 Å². The zero-order valence-corrected chi connectivity index (χ0v) is 15.2. The van der Waals surface area contributed by atoms with Crippen molar-refractivity contribution in [2.45, 2.75) is 39.3 Å². The summed E-state index contributed by atoms with van der Waals surface area (Å²) in [5, 5.41) is 12.1. The van der Waals surface area contributed by atoms with Gasteiger partial charge in [-0.2, -0.15) is 16.4 Å². The smallest absolute Gasteiger partial charge is 0.0678 e. The summed E-state index contributed by atoms with van der Waals surface area (Å²) < 4.78 is 0. The molecule has 0 aliphatic carbocycles. The number of rotatable bonds is 7. The van der Waals surface area contributed by atoms with Gasteiger partial charge in [0, 0.05) is 37.3 Å². The van der Waals surface area contributed by atoms with Crippen LogP contribution in [0, 0.1) is 0 Å². The van der Waals surface area contributed by atoms with Gasteiger partial charge in [-0.25, -0.2) is 0 Å². The summed E-state index contributed by atoms with van der Waals surface area (Å²) in [4.78, 5) is 4.70. The maximum absolute atomic E-state index is 4.47. The Hall–Kier alpha value is -1.17. The van der Waals surface area contributed by atoms with Gasteiger partial charge in [0.1, 0.15) is 0 Å². The number of hydrogen-bond acceptors (Lipinski definition) is 4. The molecule has 4 nitrogen and oxygen atoms in total. The van der Waals surface area contributed by atoms with Crippen molar-refractivity contribution in [1.82, 2.24) is 20.0 Å². The van der Waals surface area contributed by atoms with E-state index in [4.69, 9.17) is 0 Å². The third-order valence-corrected chi connectivity index (χ3v) is 4.38. The molecule has 2 aromatic heterocycles. The molecule has 0 saturated carbocycles. The molecule has 2 heterocycles. The highest BCUT2D eigenvalue weighted by Gasteiger charge is 2.18. The fraction of sp³-hybridized carbons (Fsp3) is 0.588. The number of nitrogens with zero attached hydrogens (tertiary/aromatic N) is 3. The van der Waals surface area contributed by atoms with Gasteiger partial charge in [-0.3, -0.25) is 10.00 Å². The third kappa shape index (κ3) is 5.23. The lowest BCUT2D eigenvalue weighted by atomic mass is 9.92. The molecule has 0 spiro atoms. The summed E-state index contributed by atoms with van der Waals surface area (Å²) in [5.74, 6) is 0. The molecule has 0 amide bonds. The highest BCUT2D eigenvalue weighted by Crippen LogP contribution is 2.21. The highest BCUT2D eigenvalue weighted by molar-refractivity contribution is 7.07. The average molecular weight is 321 g/mol. The molecule has 5 heteroatoms. The van der Waals surface area contributed by atoms with E-state index in [2.05, 4.69) is 77.8 Å². The highest BCUT2D eigenvalue weighted by atomic mass is 32.1. The molecule has 0 saturated heterocycles. The molecule has 1 N–H and O–H groups in total. The van der Waals surface area contributed by atoms with Gasteiger partial charge in [-0.05, 0) is 42.6 Å². The molecule has 0 aromatic carbocycles. The van der Waals surface area contributed by atoms with E-state index in [0.717, 1.165) is 31.9 Å². The van der Waals surface area contributed by atoms with Crippen molar-refractivity contribution < 1.29 is 0 Å². The number of aromatic amines is 1. The fourth-order valence-corrected chi connectivity index (χ4v) is 2.92.